The summed E-state index contributed by atoms with van der Waals surface area (Å²) >= 11 is 0. The summed E-state index contributed by atoms with van der Waals surface area (Å²) in [5, 5.41) is 20.2. The minimum Gasteiger partial charge on any atom is -0.491 e. The molecule has 0 bridgehead atoms. The van der Waals surface area contributed by atoms with Gasteiger partial charge in [-0.2, -0.15) is 0 Å². The van der Waals surface area contributed by atoms with Gasteiger partial charge in [0.2, 0.25) is 0 Å². The predicted molar refractivity (Wildman–Crippen MR) is 137 cm³/mol. The van der Waals surface area contributed by atoms with Gasteiger partial charge in [0.15, 0.2) is 11.7 Å². The molecular weight excluding hydrogens is 458 g/mol. The lowest BCUT2D eigenvalue weighted by Crippen LogP contribution is -2.47. The molecule has 8 nitrogen and oxygen atoms in total. The Morgan fingerprint density at radius 1 is 1.06 bits per heavy atom. The van der Waals surface area contributed by atoms with Crippen LogP contribution in [0.2, 0.25) is 0 Å². The number of nitrogens with zero attached hydrogens (tertiary/aromatic N) is 3. The Hall–Kier alpha value is -3.36. The van der Waals surface area contributed by atoms with Crippen molar-refractivity contribution < 1.29 is 24.3 Å². The number of hydrogen-bond acceptors (Lipinski definition) is 6. The van der Waals surface area contributed by atoms with E-state index in [2.05, 4.69) is 0 Å². The van der Waals surface area contributed by atoms with Crippen molar-refractivity contribution in [1.29, 1.82) is 0 Å². The van der Waals surface area contributed by atoms with Gasteiger partial charge in [-0.1, -0.05) is 24.3 Å². The summed E-state index contributed by atoms with van der Waals surface area (Å²) in [5.74, 6) is 2.17. The molecule has 1 fully saturated rings. The maximum atomic E-state index is 12.5. The second-order valence-electron chi connectivity index (χ2n) is 9.76. The molecule has 0 radical (unpaired) electrons. The summed E-state index contributed by atoms with van der Waals surface area (Å²) in [6.07, 6.45) is 1.48. The fraction of sp³-hybridized carbons (Fsp3) is 0.429. The Labute approximate surface area is 212 Å². The molecule has 3 aromatic rings. The standard InChI is InChI=1S/C28H35N3O5/c1-18(2)31(34)28(33)30-15-13-23(14-16-30)27-29-25(21-9-11-24(12-10-21)35-19(3)4)26(36-27)22-7-5-20(17-32)6-8-22/h5-12,18-19,23,32,34H,13-17H2,1-4H3. The minimum atomic E-state index is -0.370. The number of aliphatic hydroxyl groups is 1. The van der Waals surface area contributed by atoms with Crippen molar-refractivity contribution in [2.24, 2.45) is 0 Å². The van der Waals surface area contributed by atoms with Gasteiger partial charge in [0.1, 0.15) is 11.4 Å². The van der Waals surface area contributed by atoms with Crippen LogP contribution < -0.4 is 4.74 Å². The van der Waals surface area contributed by atoms with Crippen molar-refractivity contribution in [2.45, 2.75) is 65.2 Å². The Bertz CT molecular complexity index is 1150. The number of ether oxygens (including phenoxy) is 1. The van der Waals surface area contributed by atoms with Gasteiger partial charge >= 0.3 is 6.03 Å². The third-order valence-electron chi connectivity index (χ3n) is 6.34. The molecule has 0 atom stereocenters. The number of piperidine rings is 1. The van der Waals surface area contributed by atoms with Crippen molar-refractivity contribution >= 4 is 6.03 Å². The van der Waals surface area contributed by atoms with E-state index in [-0.39, 0.29) is 30.7 Å². The van der Waals surface area contributed by atoms with Crippen molar-refractivity contribution in [3.8, 4) is 28.3 Å². The number of hydrogen-bond donors (Lipinski definition) is 2. The summed E-state index contributed by atoms with van der Waals surface area (Å²) in [6, 6.07) is 14.8. The summed E-state index contributed by atoms with van der Waals surface area (Å²) in [7, 11) is 0. The Balaban J connectivity index is 1.60. The van der Waals surface area contributed by atoms with Crippen molar-refractivity contribution in [3.05, 3.63) is 60.0 Å². The number of likely N-dealkylation sites (tertiary alicyclic amines) is 1. The molecule has 0 spiro atoms. The van der Waals surface area contributed by atoms with E-state index in [0.29, 0.717) is 37.6 Å². The Morgan fingerprint density at radius 3 is 2.22 bits per heavy atom. The highest BCUT2D eigenvalue weighted by molar-refractivity contribution is 5.77. The zero-order valence-corrected chi connectivity index (χ0v) is 21.3. The van der Waals surface area contributed by atoms with Crippen LogP contribution in [0, 0.1) is 0 Å². The van der Waals surface area contributed by atoms with Crippen LogP contribution in [0.5, 0.6) is 5.75 Å². The zero-order chi connectivity index (χ0) is 25.8. The van der Waals surface area contributed by atoms with Gasteiger partial charge in [0.05, 0.1) is 18.8 Å². The molecule has 2 N–H and O–H groups in total. The third-order valence-corrected chi connectivity index (χ3v) is 6.34. The maximum absolute atomic E-state index is 12.5. The number of hydroxylamine groups is 2. The lowest BCUT2D eigenvalue weighted by Gasteiger charge is -2.33. The molecule has 2 aromatic carbocycles. The fourth-order valence-electron chi connectivity index (χ4n) is 4.31. The maximum Gasteiger partial charge on any atom is 0.343 e. The SMILES string of the molecule is CC(C)Oc1ccc(-c2nc(C3CCN(C(=O)N(O)C(C)C)CC3)oc2-c2ccc(CO)cc2)cc1. The number of oxazole rings is 1. The molecule has 2 amide bonds. The summed E-state index contributed by atoms with van der Waals surface area (Å²) in [5.41, 5.74) is 3.37. The van der Waals surface area contributed by atoms with Crippen LogP contribution in [0.1, 0.15) is 57.9 Å². The number of rotatable bonds is 7. The first-order valence-electron chi connectivity index (χ1n) is 12.5. The summed E-state index contributed by atoms with van der Waals surface area (Å²) < 4.78 is 12.2. The highest BCUT2D eigenvalue weighted by atomic mass is 16.5. The van der Waals surface area contributed by atoms with Crippen LogP contribution in [0.15, 0.2) is 52.9 Å². The number of amides is 2. The molecule has 1 saturated heterocycles. The molecule has 4 rings (SSSR count). The molecule has 1 aliphatic rings. The van der Waals surface area contributed by atoms with E-state index in [1.807, 2.05) is 62.4 Å². The first-order valence-corrected chi connectivity index (χ1v) is 12.5. The number of aliphatic hydroxyl groups excluding tert-OH is 1. The van der Waals surface area contributed by atoms with Crippen LogP contribution in [-0.4, -0.2) is 56.5 Å². The van der Waals surface area contributed by atoms with Crippen molar-refractivity contribution in [3.63, 3.8) is 0 Å². The molecule has 192 valence electrons. The topological polar surface area (TPSA) is 99.3 Å². The largest absolute Gasteiger partial charge is 0.491 e. The van der Waals surface area contributed by atoms with E-state index < -0.39 is 0 Å². The minimum absolute atomic E-state index is 0.0223. The van der Waals surface area contributed by atoms with Gasteiger partial charge in [-0.05, 0) is 70.4 Å². The zero-order valence-electron chi connectivity index (χ0n) is 21.3. The van der Waals surface area contributed by atoms with Gasteiger partial charge in [-0.3, -0.25) is 5.21 Å². The fourth-order valence-corrected chi connectivity index (χ4v) is 4.31. The highest BCUT2D eigenvalue weighted by Gasteiger charge is 2.31. The number of carbonyl (C=O) groups excluding carboxylic acids is 1. The van der Waals surface area contributed by atoms with E-state index in [9.17, 15) is 15.1 Å². The van der Waals surface area contributed by atoms with Crippen LogP contribution >= 0.6 is 0 Å². The molecule has 1 aromatic heterocycles. The van der Waals surface area contributed by atoms with E-state index in [4.69, 9.17) is 14.1 Å². The normalized spacial score (nSPS) is 14.5. The molecule has 0 unspecified atom stereocenters. The van der Waals surface area contributed by atoms with E-state index in [1.54, 1.807) is 18.7 Å². The Kier molecular flexibility index (Phi) is 7.96. The smallest absolute Gasteiger partial charge is 0.343 e. The van der Waals surface area contributed by atoms with Gasteiger partial charge in [-0.15, -0.1) is 0 Å². The van der Waals surface area contributed by atoms with Crippen LogP contribution in [-0.2, 0) is 6.61 Å². The second-order valence-corrected chi connectivity index (χ2v) is 9.76. The van der Waals surface area contributed by atoms with Crippen LogP contribution in [0.4, 0.5) is 4.79 Å². The molecule has 1 aliphatic heterocycles. The van der Waals surface area contributed by atoms with Crippen molar-refractivity contribution in [2.75, 3.05) is 13.1 Å². The second kappa shape index (κ2) is 11.1. The molecule has 0 aliphatic carbocycles. The first-order chi connectivity index (χ1) is 17.3. The molecule has 36 heavy (non-hydrogen) atoms. The predicted octanol–water partition coefficient (Wildman–Crippen LogP) is 5.69. The first kappa shape index (κ1) is 25.7. The molecule has 2 heterocycles. The summed E-state index contributed by atoms with van der Waals surface area (Å²) in [4.78, 5) is 19.1. The van der Waals surface area contributed by atoms with Gasteiger partial charge in [0.25, 0.3) is 0 Å². The number of carbonyl (C=O) groups is 1. The quantitative estimate of drug-likeness (QED) is 0.324. The molecule has 8 heteroatoms. The Morgan fingerprint density at radius 2 is 1.67 bits per heavy atom. The van der Waals surface area contributed by atoms with E-state index in [0.717, 1.165) is 33.2 Å². The lowest BCUT2D eigenvalue weighted by molar-refractivity contribution is -0.0815. The van der Waals surface area contributed by atoms with Gasteiger partial charge < -0.3 is 19.2 Å². The number of aromatic nitrogens is 1. The average Bonchev–Trinajstić information content (AvgIpc) is 3.33. The van der Waals surface area contributed by atoms with Crippen LogP contribution in [0.25, 0.3) is 22.6 Å². The monoisotopic (exact) mass is 493 g/mol. The van der Waals surface area contributed by atoms with Gasteiger partial charge in [-0.25, -0.2) is 14.8 Å². The van der Waals surface area contributed by atoms with E-state index >= 15 is 0 Å². The third kappa shape index (κ3) is 5.71. The number of urea groups is 1. The van der Waals surface area contributed by atoms with Crippen LogP contribution in [0.3, 0.4) is 0 Å². The summed E-state index contributed by atoms with van der Waals surface area (Å²) in [6.45, 7) is 8.55. The highest BCUT2D eigenvalue weighted by Crippen LogP contribution is 2.38. The molecular formula is C28H35N3O5. The van der Waals surface area contributed by atoms with Crippen molar-refractivity contribution in [1.82, 2.24) is 14.9 Å². The average molecular weight is 494 g/mol. The number of benzene rings is 2. The molecule has 0 saturated carbocycles. The lowest BCUT2D eigenvalue weighted by atomic mass is 9.97. The van der Waals surface area contributed by atoms with E-state index in [1.165, 1.54) is 0 Å². The van der Waals surface area contributed by atoms with Gasteiger partial charge in [0, 0.05) is 30.1 Å².